The molecule has 3 rings (SSSR count). The average molecular weight is 438 g/mol. The highest BCUT2D eigenvalue weighted by Gasteiger charge is 2.23. The van der Waals surface area contributed by atoms with Gasteiger partial charge in [-0.25, -0.2) is 8.42 Å². The second kappa shape index (κ2) is 9.44. The van der Waals surface area contributed by atoms with Gasteiger partial charge in [0, 0.05) is 30.4 Å². The standard InChI is InChI=1S/C23H23N3O4S/c1-3-26(31(29,30)22-10-5-4-6-11-22)21-14-12-18(13-15-21)23(28)25-20-9-7-8-19(16-20)24-17(2)27/h4-16H,3H2,1-2H3,(H,24,27)(H,25,28). The molecule has 0 unspecified atom stereocenters. The molecule has 0 fully saturated rings. The molecular weight excluding hydrogens is 414 g/mol. The summed E-state index contributed by atoms with van der Waals surface area (Å²) in [6.07, 6.45) is 0. The Morgan fingerprint density at radius 3 is 2.03 bits per heavy atom. The zero-order valence-electron chi connectivity index (χ0n) is 17.2. The Kier molecular flexibility index (Phi) is 6.71. The Morgan fingerprint density at radius 1 is 0.839 bits per heavy atom. The molecule has 2 N–H and O–H groups in total. The van der Waals surface area contributed by atoms with Crippen LogP contribution < -0.4 is 14.9 Å². The predicted octanol–water partition coefficient (Wildman–Crippen LogP) is 4.11. The van der Waals surface area contributed by atoms with Gasteiger partial charge in [0.15, 0.2) is 0 Å². The van der Waals surface area contributed by atoms with Gasteiger partial charge in [0.2, 0.25) is 5.91 Å². The fourth-order valence-electron chi connectivity index (χ4n) is 3.07. The Morgan fingerprint density at radius 2 is 1.45 bits per heavy atom. The first-order chi connectivity index (χ1) is 14.8. The van der Waals surface area contributed by atoms with E-state index in [1.165, 1.54) is 11.2 Å². The molecule has 7 nitrogen and oxygen atoms in total. The number of anilines is 3. The SMILES string of the molecule is CCN(c1ccc(C(=O)Nc2cccc(NC(C)=O)c2)cc1)S(=O)(=O)c1ccccc1. The topological polar surface area (TPSA) is 95.6 Å². The van der Waals surface area contributed by atoms with Gasteiger partial charge in [0.25, 0.3) is 15.9 Å². The van der Waals surface area contributed by atoms with E-state index in [4.69, 9.17) is 0 Å². The maximum atomic E-state index is 12.9. The van der Waals surface area contributed by atoms with E-state index in [-0.39, 0.29) is 23.3 Å². The number of sulfonamides is 1. The van der Waals surface area contributed by atoms with E-state index in [9.17, 15) is 18.0 Å². The van der Waals surface area contributed by atoms with Gasteiger partial charge in [0.05, 0.1) is 10.6 Å². The van der Waals surface area contributed by atoms with E-state index in [0.29, 0.717) is 22.6 Å². The fraction of sp³-hybridized carbons (Fsp3) is 0.130. The first-order valence-electron chi connectivity index (χ1n) is 9.68. The van der Waals surface area contributed by atoms with Gasteiger partial charge in [-0.15, -0.1) is 0 Å². The molecule has 3 aromatic carbocycles. The number of carbonyl (C=O) groups excluding carboxylic acids is 2. The van der Waals surface area contributed by atoms with Crippen LogP contribution in [0.2, 0.25) is 0 Å². The van der Waals surface area contributed by atoms with Crippen LogP contribution in [0.25, 0.3) is 0 Å². The van der Waals surface area contributed by atoms with Gasteiger partial charge in [0.1, 0.15) is 0 Å². The van der Waals surface area contributed by atoms with Crippen molar-refractivity contribution in [2.24, 2.45) is 0 Å². The molecular formula is C23H23N3O4S. The summed E-state index contributed by atoms with van der Waals surface area (Å²) in [5.74, 6) is -0.550. The van der Waals surface area contributed by atoms with Crippen molar-refractivity contribution >= 4 is 38.9 Å². The third-order valence-electron chi connectivity index (χ3n) is 4.48. The van der Waals surface area contributed by atoms with Crippen LogP contribution in [-0.4, -0.2) is 26.8 Å². The van der Waals surface area contributed by atoms with Crippen LogP contribution in [0.3, 0.4) is 0 Å². The fourth-order valence-corrected chi connectivity index (χ4v) is 4.57. The molecule has 0 saturated carbocycles. The molecule has 0 heterocycles. The highest BCUT2D eigenvalue weighted by atomic mass is 32.2. The molecule has 8 heteroatoms. The van der Waals surface area contributed by atoms with Gasteiger partial charge in [-0.05, 0) is 61.5 Å². The van der Waals surface area contributed by atoms with Crippen LogP contribution in [0.1, 0.15) is 24.2 Å². The third kappa shape index (κ3) is 5.29. The highest BCUT2D eigenvalue weighted by molar-refractivity contribution is 7.92. The molecule has 0 atom stereocenters. The zero-order valence-corrected chi connectivity index (χ0v) is 18.0. The number of hydrogen-bond donors (Lipinski definition) is 2. The number of nitrogens with one attached hydrogen (secondary N) is 2. The molecule has 0 saturated heterocycles. The molecule has 0 bridgehead atoms. The second-order valence-electron chi connectivity index (χ2n) is 6.75. The molecule has 3 aromatic rings. The van der Waals surface area contributed by atoms with Gasteiger partial charge in [-0.1, -0.05) is 24.3 Å². The Hall–Kier alpha value is -3.65. The van der Waals surface area contributed by atoms with E-state index >= 15 is 0 Å². The van der Waals surface area contributed by atoms with Crippen LogP contribution in [0.4, 0.5) is 17.1 Å². The molecule has 0 aliphatic heterocycles. The molecule has 0 aliphatic carbocycles. The van der Waals surface area contributed by atoms with Gasteiger partial charge in [-0.2, -0.15) is 0 Å². The minimum absolute atomic E-state index is 0.204. The largest absolute Gasteiger partial charge is 0.326 e. The zero-order chi connectivity index (χ0) is 22.4. The Labute approximate surface area is 181 Å². The van der Waals surface area contributed by atoms with E-state index in [0.717, 1.165) is 0 Å². The smallest absolute Gasteiger partial charge is 0.264 e. The summed E-state index contributed by atoms with van der Waals surface area (Å²) in [6.45, 7) is 3.41. The number of hydrogen-bond acceptors (Lipinski definition) is 4. The van der Waals surface area contributed by atoms with Crippen LogP contribution in [0.5, 0.6) is 0 Å². The first-order valence-corrected chi connectivity index (χ1v) is 11.1. The highest BCUT2D eigenvalue weighted by Crippen LogP contribution is 2.24. The summed E-state index contributed by atoms with van der Waals surface area (Å²) in [6, 6.07) is 21.4. The third-order valence-corrected chi connectivity index (χ3v) is 6.39. The van der Waals surface area contributed by atoms with Crippen molar-refractivity contribution in [1.82, 2.24) is 0 Å². The summed E-state index contributed by atoms with van der Waals surface area (Å²) >= 11 is 0. The van der Waals surface area contributed by atoms with E-state index in [2.05, 4.69) is 10.6 Å². The number of carbonyl (C=O) groups is 2. The van der Waals surface area contributed by atoms with E-state index in [1.54, 1.807) is 85.8 Å². The quantitative estimate of drug-likeness (QED) is 0.581. The second-order valence-corrected chi connectivity index (χ2v) is 8.61. The summed E-state index contributed by atoms with van der Waals surface area (Å²) in [4.78, 5) is 24.0. The van der Waals surface area contributed by atoms with Crippen molar-refractivity contribution in [1.29, 1.82) is 0 Å². The van der Waals surface area contributed by atoms with E-state index in [1.807, 2.05) is 0 Å². The van der Waals surface area contributed by atoms with E-state index < -0.39 is 10.0 Å². The van der Waals surface area contributed by atoms with Crippen molar-refractivity contribution in [2.75, 3.05) is 21.5 Å². The lowest BCUT2D eigenvalue weighted by Crippen LogP contribution is -2.30. The van der Waals surface area contributed by atoms with Crippen molar-refractivity contribution in [3.8, 4) is 0 Å². The number of nitrogens with zero attached hydrogens (tertiary/aromatic N) is 1. The molecule has 0 spiro atoms. The Balaban J connectivity index is 1.77. The number of rotatable bonds is 7. The predicted molar refractivity (Wildman–Crippen MR) is 122 cm³/mol. The maximum Gasteiger partial charge on any atom is 0.264 e. The summed E-state index contributed by atoms with van der Waals surface area (Å²) in [5.41, 5.74) is 1.95. The molecule has 0 aliphatic rings. The van der Waals surface area contributed by atoms with Crippen molar-refractivity contribution in [2.45, 2.75) is 18.7 Å². The first kappa shape index (κ1) is 22.0. The summed E-state index contributed by atoms with van der Waals surface area (Å²) < 4.78 is 27.2. The lowest BCUT2D eigenvalue weighted by Gasteiger charge is -2.23. The average Bonchev–Trinajstić information content (AvgIpc) is 2.75. The van der Waals surface area contributed by atoms with Crippen molar-refractivity contribution < 1.29 is 18.0 Å². The molecule has 2 amide bonds. The minimum Gasteiger partial charge on any atom is -0.326 e. The monoisotopic (exact) mass is 437 g/mol. The minimum atomic E-state index is -3.70. The molecule has 0 aromatic heterocycles. The number of benzene rings is 3. The van der Waals surface area contributed by atoms with Gasteiger partial charge in [-0.3, -0.25) is 13.9 Å². The van der Waals surface area contributed by atoms with Crippen LogP contribution >= 0.6 is 0 Å². The lowest BCUT2D eigenvalue weighted by atomic mass is 10.2. The Bertz CT molecular complexity index is 1180. The maximum absolute atomic E-state index is 12.9. The number of amides is 2. The summed E-state index contributed by atoms with van der Waals surface area (Å²) in [5, 5.41) is 5.43. The van der Waals surface area contributed by atoms with Crippen molar-refractivity contribution in [3.63, 3.8) is 0 Å². The molecule has 160 valence electrons. The van der Waals surface area contributed by atoms with Crippen LogP contribution in [0, 0.1) is 0 Å². The van der Waals surface area contributed by atoms with Gasteiger partial charge < -0.3 is 10.6 Å². The molecule has 0 radical (unpaired) electrons. The van der Waals surface area contributed by atoms with Crippen molar-refractivity contribution in [3.05, 3.63) is 84.4 Å². The molecule has 31 heavy (non-hydrogen) atoms. The van der Waals surface area contributed by atoms with Crippen LogP contribution in [-0.2, 0) is 14.8 Å². The van der Waals surface area contributed by atoms with Crippen LogP contribution in [0.15, 0.2) is 83.8 Å². The summed E-state index contributed by atoms with van der Waals surface area (Å²) in [7, 11) is -3.70. The normalized spacial score (nSPS) is 10.9. The van der Waals surface area contributed by atoms with Gasteiger partial charge >= 0.3 is 0 Å². The lowest BCUT2D eigenvalue weighted by molar-refractivity contribution is -0.114.